The number of nitrogens with zero attached hydrogens (tertiary/aromatic N) is 1. The minimum atomic E-state index is -1.07. The number of carbonyl (C=O) groups excluding carboxylic acids is 3. The molecule has 5 aliphatic rings. The van der Waals surface area contributed by atoms with Gasteiger partial charge in [-0.15, -0.1) is 0 Å². The average Bonchev–Trinajstić information content (AvgIpc) is 3.00. The molecule has 5 rings (SSSR count). The molecule has 0 unspecified atom stereocenters. The summed E-state index contributed by atoms with van der Waals surface area (Å²) in [6.45, 7) is 7.67. The van der Waals surface area contributed by atoms with Crippen molar-refractivity contribution in [1.29, 1.82) is 0 Å². The summed E-state index contributed by atoms with van der Waals surface area (Å²) in [5.41, 5.74) is -2.35. The van der Waals surface area contributed by atoms with Crippen molar-refractivity contribution in [1.82, 2.24) is 15.5 Å². The third-order valence-corrected chi connectivity index (χ3v) is 7.41. The lowest BCUT2D eigenvalue weighted by Crippen LogP contribution is -2.58. The lowest BCUT2D eigenvalue weighted by molar-refractivity contribution is -0.146. The summed E-state index contributed by atoms with van der Waals surface area (Å²) in [5, 5.41) is 6.23. The van der Waals surface area contributed by atoms with Gasteiger partial charge in [0.15, 0.2) is 0 Å². The van der Waals surface area contributed by atoms with Gasteiger partial charge in [-0.3, -0.25) is 14.4 Å². The van der Waals surface area contributed by atoms with Crippen molar-refractivity contribution >= 4 is 17.7 Å². The normalized spacial score (nSPS) is 40.2. The number of carbonyl (C=O) groups is 3. The van der Waals surface area contributed by atoms with Gasteiger partial charge in [-0.2, -0.15) is 0 Å². The zero-order valence-electron chi connectivity index (χ0n) is 18.4. The first-order chi connectivity index (χ1) is 14.1. The highest BCUT2D eigenvalue weighted by molar-refractivity contribution is 6.00. The summed E-state index contributed by atoms with van der Waals surface area (Å²) in [6, 6.07) is -0.490. The van der Waals surface area contributed by atoms with Crippen LogP contribution in [-0.2, 0) is 19.1 Å². The van der Waals surface area contributed by atoms with Crippen LogP contribution in [0.4, 0.5) is 0 Å². The first-order valence-electron chi connectivity index (χ1n) is 11.4. The quantitative estimate of drug-likeness (QED) is 0.684. The second kappa shape index (κ2) is 6.31. The van der Waals surface area contributed by atoms with E-state index in [1.54, 1.807) is 4.90 Å². The molecule has 30 heavy (non-hydrogen) atoms. The molecule has 2 bridgehead atoms. The van der Waals surface area contributed by atoms with E-state index in [1.165, 1.54) is 0 Å². The number of hydrogen-bond acceptors (Lipinski definition) is 4. The van der Waals surface area contributed by atoms with Gasteiger partial charge in [-0.1, -0.05) is 25.0 Å². The molecule has 0 aromatic carbocycles. The fourth-order valence-corrected chi connectivity index (χ4v) is 6.11. The average molecular weight is 416 g/mol. The van der Waals surface area contributed by atoms with Gasteiger partial charge in [0.2, 0.25) is 17.7 Å². The van der Waals surface area contributed by atoms with E-state index >= 15 is 0 Å². The van der Waals surface area contributed by atoms with Crippen LogP contribution < -0.4 is 10.6 Å². The first-order valence-corrected chi connectivity index (χ1v) is 11.4. The van der Waals surface area contributed by atoms with Crippen molar-refractivity contribution in [2.45, 2.75) is 101 Å². The molecule has 7 heteroatoms. The minimum absolute atomic E-state index is 0.0654. The third kappa shape index (κ3) is 2.84. The van der Waals surface area contributed by atoms with Gasteiger partial charge >= 0.3 is 0 Å². The molecule has 1 spiro atoms. The van der Waals surface area contributed by atoms with Crippen molar-refractivity contribution in [3.05, 3.63) is 12.2 Å². The number of hydrogen-bond donors (Lipinski definition) is 2. The molecule has 7 nitrogen and oxygen atoms in total. The van der Waals surface area contributed by atoms with Crippen LogP contribution in [0.25, 0.3) is 0 Å². The molecule has 3 aliphatic heterocycles. The summed E-state index contributed by atoms with van der Waals surface area (Å²) in [5.74, 6) is -1.67. The zero-order chi connectivity index (χ0) is 21.5. The van der Waals surface area contributed by atoms with Crippen LogP contribution >= 0.6 is 0 Å². The SMILES string of the molecule is CC(C)(C)NC(=O)[C@H]1N(C2CC2)C(=O)[C@@H]2[C@H](C(=O)NC3CCCC3)[C@@]3(C)C=C[C@]21O3. The van der Waals surface area contributed by atoms with Crippen molar-refractivity contribution in [3.8, 4) is 0 Å². The summed E-state index contributed by atoms with van der Waals surface area (Å²) >= 11 is 0. The summed E-state index contributed by atoms with van der Waals surface area (Å²) in [7, 11) is 0. The molecular formula is C23H33N3O4. The lowest BCUT2D eigenvalue weighted by Gasteiger charge is -2.35. The molecule has 2 N–H and O–H groups in total. The van der Waals surface area contributed by atoms with Gasteiger partial charge in [0.25, 0.3) is 0 Å². The largest absolute Gasteiger partial charge is 0.356 e. The van der Waals surface area contributed by atoms with E-state index in [2.05, 4.69) is 10.6 Å². The second-order valence-corrected chi connectivity index (χ2v) is 11.0. The molecule has 3 amide bonds. The lowest BCUT2D eigenvalue weighted by atomic mass is 9.70. The van der Waals surface area contributed by atoms with Crippen LogP contribution in [0.2, 0.25) is 0 Å². The predicted molar refractivity (Wildman–Crippen MR) is 110 cm³/mol. The Balaban J connectivity index is 1.50. The Morgan fingerprint density at radius 1 is 1.10 bits per heavy atom. The van der Waals surface area contributed by atoms with E-state index in [4.69, 9.17) is 4.74 Å². The summed E-state index contributed by atoms with van der Waals surface area (Å²) < 4.78 is 6.50. The van der Waals surface area contributed by atoms with Crippen LogP contribution in [0.3, 0.4) is 0 Å². The number of nitrogens with one attached hydrogen (secondary N) is 2. The molecule has 3 heterocycles. The number of fused-ring (bicyclic) bond motifs is 1. The Labute approximate surface area is 178 Å². The van der Waals surface area contributed by atoms with Crippen molar-refractivity contribution in [2.75, 3.05) is 0 Å². The zero-order valence-corrected chi connectivity index (χ0v) is 18.4. The molecule has 5 atom stereocenters. The molecule has 0 aromatic rings. The van der Waals surface area contributed by atoms with Crippen molar-refractivity contribution in [3.63, 3.8) is 0 Å². The van der Waals surface area contributed by atoms with Crippen LogP contribution in [0.5, 0.6) is 0 Å². The number of likely N-dealkylation sites (tertiary alicyclic amines) is 1. The van der Waals surface area contributed by atoms with E-state index in [0.29, 0.717) is 0 Å². The fraction of sp³-hybridized carbons (Fsp3) is 0.783. The maximum atomic E-state index is 13.7. The van der Waals surface area contributed by atoms with Gasteiger partial charge in [-0.25, -0.2) is 0 Å². The summed E-state index contributed by atoms with van der Waals surface area (Å²) in [6.07, 6.45) is 9.82. The van der Waals surface area contributed by atoms with Gasteiger partial charge in [0.1, 0.15) is 11.6 Å². The Bertz CT molecular complexity index is 823. The van der Waals surface area contributed by atoms with Crippen molar-refractivity contribution in [2.24, 2.45) is 11.8 Å². The van der Waals surface area contributed by atoms with Crippen molar-refractivity contribution < 1.29 is 19.1 Å². The second-order valence-electron chi connectivity index (χ2n) is 11.0. The Morgan fingerprint density at radius 3 is 2.37 bits per heavy atom. The number of amides is 3. The van der Waals surface area contributed by atoms with Crippen LogP contribution in [-0.4, -0.2) is 57.5 Å². The minimum Gasteiger partial charge on any atom is -0.356 e. The first kappa shape index (κ1) is 20.0. The monoisotopic (exact) mass is 415 g/mol. The standard InChI is InChI=1S/C23H33N3O4/c1-21(2,3)25-19(28)17-23-12-11-22(4,30-23)15(18(27)24-13-7-5-6-8-13)16(23)20(29)26(17)14-9-10-14/h11-17H,5-10H2,1-4H3,(H,24,27)(H,25,28)/t15-,16+,17-,22-,23+/m1/s1. The Hall–Kier alpha value is -1.89. The molecular weight excluding hydrogens is 382 g/mol. The topological polar surface area (TPSA) is 87.7 Å². The smallest absolute Gasteiger partial charge is 0.246 e. The molecule has 0 radical (unpaired) electrons. The van der Waals surface area contributed by atoms with Crippen LogP contribution in [0, 0.1) is 11.8 Å². The maximum absolute atomic E-state index is 13.7. The van der Waals surface area contributed by atoms with E-state index in [9.17, 15) is 14.4 Å². The summed E-state index contributed by atoms with van der Waals surface area (Å²) in [4.78, 5) is 42.2. The fourth-order valence-electron chi connectivity index (χ4n) is 6.11. The van der Waals surface area contributed by atoms with E-state index in [0.717, 1.165) is 38.5 Å². The number of rotatable bonds is 4. The van der Waals surface area contributed by atoms with Gasteiger partial charge in [0, 0.05) is 17.6 Å². The Kier molecular flexibility index (Phi) is 4.22. The van der Waals surface area contributed by atoms with E-state index < -0.39 is 34.6 Å². The Morgan fingerprint density at radius 2 is 1.77 bits per heavy atom. The van der Waals surface area contributed by atoms with Crippen LogP contribution in [0.1, 0.15) is 66.2 Å². The molecule has 2 aliphatic carbocycles. The van der Waals surface area contributed by atoms with E-state index in [1.807, 2.05) is 39.8 Å². The highest BCUT2D eigenvalue weighted by Crippen LogP contribution is 2.61. The molecule has 4 fully saturated rings. The third-order valence-electron chi connectivity index (χ3n) is 7.41. The highest BCUT2D eigenvalue weighted by atomic mass is 16.5. The van der Waals surface area contributed by atoms with Gasteiger partial charge in [-0.05, 0) is 53.4 Å². The number of ether oxygens (including phenoxy) is 1. The van der Waals surface area contributed by atoms with Crippen LogP contribution in [0.15, 0.2) is 12.2 Å². The molecule has 164 valence electrons. The molecule has 2 saturated heterocycles. The molecule has 2 saturated carbocycles. The highest BCUT2D eigenvalue weighted by Gasteiger charge is 2.77. The maximum Gasteiger partial charge on any atom is 0.246 e. The predicted octanol–water partition coefficient (Wildman–Crippen LogP) is 1.66. The van der Waals surface area contributed by atoms with E-state index in [-0.39, 0.29) is 29.8 Å². The van der Waals surface area contributed by atoms with Gasteiger partial charge in [0.05, 0.1) is 17.4 Å². The van der Waals surface area contributed by atoms with Gasteiger partial charge < -0.3 is 20.3 Å². The molecule has 0 aromatic heterocycles.